The molecule has 2 heterocycles. The molecule has 0 amide bonds. The van der Waals surface area contributed by atoms with Crippen LogP contribution in [0.1, 0.15) is 30.3 Å². The molecule has 1 aromatic carbocycles. The van der Waals surface area contributed by atoms with Crippen LogP contribution >= 0.6 is 35.4 Å². The second-order valence-corrected chi connectivity index (χ2v) is 6.69. The van der Waals surface area contributed by atoms with E-state index in [9.17, 15) is 0 Å². The van der Waals surface area contributed by atoms with Gasteiger partial charge in [-0.2, -0.15) is 14.9 Å². The number of rotatable bonds is 4. The Morgan fingerprint density at radius 2 is 2.12 bits per heavy atom. The van der Waals surface area contributed by atoms with Crippen LogP contribution in [0.4, 0.5) is 0 Å². The van der Waals surface area contributed by atoms with Crippen LogP contribution in [0.25, 0.3) is 11.3 Å². The van der Waals surface area contributed by atoms with Crippen molar-refractivity contribution >= 4 is 41.6 Å². The monoisotopic (exact) mass is 378 g/mol. The van der Waals surface area contributed by atoms with Crippen molar-refractivity contribution in [2.45, 2.75) is 18.8 Å². The highest BCUT2D eigenvalue weighted by Gasteiger charge is 2.29. The van der Waals surface area contributed by atoms with E-state index in [1.165, 1.54) is 0 Å². The molecule has 0 bridgehead atoms. The molecule has 0 atom stereocenters. The number of nitrogens with zero attached hydrogens (tertiary/aromatic N) is 3. The average Bonchev–Trinajstić information content (AvgIpc) is 3.19. The first kappa shape index (κ1) is 15.6. The molecule has 4 rings (SSSR count). The van der Waals surface area contributed by atoms with E-state index in [0.717, 1.165) is 24.2 Å². The molecule has 1 N–H and O–H groups in total. The summed E-state index contributed by atoms with van der Waals surface area (Å²) in [6.07, 6.45) is 3.85. The van der Waals surface area contributed by atoms with Gasteiger partial charge in [0.1, 0.15) is 11.5 Å². The van der Waals surface area contributed by atoms with Crippen LogP contribution in [0.2, 0.25) is 10.0 Å². The number of nitrogens with one attached hydrogen (secondary N) is 1. The Hall–Kier alpha value is -1.89. The molecule has 2 aromatic heterocycles. The first-order chi connectivity index (χ1) is 11.6. The van der Waals surface area contributed by atoms with Crippen molar-refractivity contribution in [2.75, 3.05) is 0 Å². The van der Waals surface area contributed by atoms with E-state index in [1.54, 1.807) is 17.0 Å². The van der Waals surface area contributed by atoms with Crippen LogP contribution in [0.3, 0.4) is 0 Å². The number of hydrogen-bond donors (Lipinski definition) is 1. The molecule has 1 aliphatic rings. The molecular weight excluding hydrogens is 367 g/mol. The summed E-state index contributed by atoms with van der Waals surface area (Å²) in [6, 6.07) is 9.06. The van der Waals surface area contributed by atoms with E-state index >= 15 is 0 Å². The fraction of sp³-hybridized carbons (Fsp3) is 0.188. The third kappa shape index (κ3) is 2.92. The van der Waals surface area contributed by atoms with Crippen molar-refractivity contribution < 1.29 is 4.42 Å². The smallest absolute Gasteiger partial charge is 0.216 e. The molecule has 0 spiro atoms. The molecule has 0 aliphatic heterocycles. The second kappa shape index (κ2) is 6.20. The largest absolute Gasteiger partial charge is 0.455 e. The summed E-state index contributed by atoms with van der Waals surface area (Å²) in [5, 5.41) is 12.3. The number of H-pyrrole nitrogens is 1. The van der Waals surface area contributed by atoms with Crippen LogP contribution in [0, 0.1) is 4.77 Å². The van der Waals surface area contributed by atoms with Gasteiger partial charge in [-0.1, -0.05) is 29.3 Å². The molecule has 0 unspecified atom stereocenters. The third-order valence-electron chi connectivity index (χ3n) is 3.76. The lowest BCUT2D eigenvalue weighted by molar-refractivity contribution is 0.574. The van der Waals surface area contributed by atoms with Crippen molar-refractivity contribution in [3.05, 3.63) is 56.7 Å². The van der Waals surface area contributed by atoms with Gasteiger partial charge in [-0.15, -0.1) is 0 Å². The summed E-state index contributed by atoms with van der Waals surface area (Å²) >= 11 is 17.5. The lowest BCUT2D eigenvalue weighted by atomic mass is 10.2. The van der Waals surface area contributed by atoms with Gasteiger partial charge in [-0.25, -0.2) is 0 Å². The number of aromatic amines is 1. The van der Waals surface area contributed by atoms with E-state index in [0.29, 0.717) is 32.3 Å². The van der Waals surface area contributed by atoms with Gasteiger partial charge in [-0.05, 0) is 49.3 Å². The highest BCUT2D eigenvalue weighted by molar-refractivity contribution is 7.71. The number of aromatic nitrogens is 3. The SMILES string of the molecule is S=c1[nH]nc(C2CC2)n1/N=C\c1ccc(-c2cccc(Cl)c2Cl)o1. The predicted molar refractivity (Wildman–Crippen MR) is 96.5 cm³/mol. The van der Waals surface area contributed by atoms with Crippen LogP contribution in [-0.2, 0) is 0 Å². The highest BCUT2D eigenvalue weighted by Crippen LogP contribution is 2.39. The molecule has 1 fully saturated rings. The van der Waals surface area contributed by atoms with Crippen molar-refractivity contribution in [1.29, 1.82) is 0 Å². The zero-order valence-electron chi connectivity index (χ0n) is 12.4. The van der Waals surface area contributed by atoms with Gasteiger partial charge in [0.05, 0.1) is 16.3 Å². The molecule has 0 saturated heterocycles. The van der Waals surface area contributed by atoms with Crippen molar-refractivity contribution in [3.8, 4) is 11.3 Å². The Kier molecular flexibility index (Phi) is 4.04. The van der Waals surface area contributed by atoms with Crippen LogP contribution in [0.15, 0.2) is 39.9 Å². The quantitative estimate of drug-likeness (QED) is 0.496. The number of hydrogen-bond acceptors (Lipinski definition) is 4. The Morgan fingerprint density at radius 1 is 1.29 bits per heavy atom. The standard InChI is InChI=1S/C16H12Cl2N4OS/c17-12-3-1-2-11(14(12)18)13-7-6-10(23-13)8-19-22-15(9-4-5-9)20-21-16(22)24/h1-3,6-9H,4-5H2,(H,21,24)/b19-8-. The van der Waals surface area contributed by atoms with Gasteiger partial charge in [0, 0.05) is 11.5 Å². The number of furan rings is 1. The van der Waals surface area contributed by atoms with Crippen LogP contribution in [-0.4, -0.2) is 21.1 Å². The molecular formula is C16H12Cl2N4OS. The fourth-order valence-corrected chi connectivity index (χ4v) is 2.98. The highest BCUT2D eigenvalue weighted by atomic mass is 35.5. The Bertz CT molecular complexity index is 984. The average molecular weight is 379 g/mol. The molecule has 8 heteroatoms. The molecule has 5 nitrogen and oxygen atoms in total. The summed E-state index contributed by atoms with van der Waals surface area (Å²) in [4.78, 5) is 0. The topological polar surface area (TPSA) is 59.1 Å². The predicted octanol–water partition coefficient (Wildman–Crippen LogP) is 5.27. The third-order valence-corrected chi connectivity index (χ3v) is 4.85. The zero-order valence-corrected chi connectivity index (χ0v) is 14.7. The van der Waals surface area contributed by atoms with Crippen molar-refractivity contribution in [1.82, 2.24) is 14.9 Å². The second-order valence-electron chi connectivity index (χ2n) is 5.52. The molecule has 0 radical (unpaired) electrons. The molecule has 24 heavy (non-hydrogen) atoms. The van der Waals surface area contributed by atoms with E-state index in [2.05, 4.69) is 15.3 Å². The van der Waals surface area contributed by atoms with E-state index < -0.39 is 0 Å². The minimum absolute atomic E-state index is 0.438. The minimum Gasteiger partial charge on any atom is -0.455 e. The Labute approximate surface area is 152 Å². The van der Waals surface area contributed by atoms with Gasteiger partial charge in [0.15, 0.2) is 5.82 Å². The lowest BCUT2D eigenvalue weighted by Crippen LogP contribution is -1.96. The molecule has 3 aromatic rings. The van der Waals surface area contributed by atoms with Gasteiger partial charge in [0.2, 0.25) is 4.77 Å². The van der Waals surface area contributed by atoms with E-state index in [1.807, 2.05) is 24.3 Å². The maximum atomic E-state index is 6.22. The fourth-order valence-electron chi connectivity index (χ4n) is 2.40. The van der Waals surface area contributed by atoms with Crippen molar-refractivity contribution in [3.63, 3.8) is 0 Å². The van der Waals surface area contributed by atoms with Crippen LogP contribution < -0.4 is 0 Å². The summed E-state index contributed by atoms with van der Waals surface area (Å²) in [5.74, 6) is 2.52. The van der Waals surface area contributed by atoms with Gasteiger partial charge >= 0.3 is 0 Å². The Morgan fingerprint density at radius 3 is 2.92 bits per heavy atom. The first-order valence-electron chi connectivity index (χ1n) is 7.39. The van der Waals surface area contributed by atoms with Crippen LogP contribution in [0.5, 0.6) is 0 Å². The first-order valence-corrected chi connectivity index (χ1v) is 8.56. The van der Waals surface area contributed by atoms with Crippen molar-refractivity contribution in [2.24, 2.45) is 5.10 Å². The lowest BCUT2D eigenvalue weighted by Gasteiger charge is -2.01. The maximum Gasteiger partial charge on any atom is 0.216 e. The number of halogens is 2. The summed E-state index contributed by atoms with van der Waals surface area (Å²) < 4.78 is 7.90. The minimum atomic E-state index is 0.438. The summed E-state index contributed by atoms with van der Waals surface area (Å²) in [6.45, 7) is 0. The number of benzene rings is 1. The molecule has 1 aliphatic carbocycles. The maximum absolute atomic E-state index is 6.22. The molecule has 1 saturated carbocycles. The Balaban J connectivity index is 1.63. The van der Waals surface area contributed by atoms with Gasteiger partial charge in [-0.3, -0.25) is 5.10 Å². The molecule has 122 valence electrons. The van der Waals surface area contributed by atoms with Gasteiger partial charge in [0.25, 0.3) is 0 Å². The summed E-state index contributed by atoms with van der Waals surface area (Å²) in [5.41, 5.74) is 0.738. The van der Waals surface area contributed by atoms with Gasteiger partial charge < -0.3 is 4.42 Å². The van der Waals surface area contributed by atoms with E-state index in [-0.39, 0.29) is 0 Å². The van der Waals surface area contributed by atoms with E-state index in [4.69, 9.17) is 39.8 Å². The normalized spacial score (nSPS) is 14.6. The summed E-state index contributed by atoms with van der Waals surface area (Å²) in [7, 11) is 0. The zero-order chi connectivity index (χ0) is 16.7.